The molecule has 0 amide bonds. The first-order valence-electron chi connectivity index (χ1n) is 8.22. The van der Waals surface area contributed by atoms with E-state index in [9.17, 15) is 0 Å². The number of rotatable bonds is 4. The van der Waals surface area contributed by atoms with Gasteiger partial charge in [0.15, 0.2) is 11.5 Å². The Balaban J connectivity index is 1.97. The van der Waals surface area contributed by atoms with Crippen LogP contribution in [0.5, 0.6) is 17.2 Å². The molecule has 2 rings (SSSR count). The Labute approximate surface area is 128 Å². The summed E-state index contributed by atoms with van der Waals surface area (Å²) in [6.45, 7) is 0. The normalized spacial score (nSPS) is 18.0. The second kappa shape index (κ2) is 8.81. The first-order valence-corrected chi connectivity index (χ1v) is 8.22. The number of methoxy groups -OCH3 is 2. The second-order valence-electron chi connectivity index (χ2n) is 5.81. The molecule has 0 aliphatic heterocycles. The molecule has 0 radical (unpaired) electrons. The molecular weight excluding hydrogens is 264 g/mol. The van der Waals surface area contributed by atoms with Crippen molar-refractivity contribution in [2.75, 3.05) is 14.2 Å². The molecule has 0 spiro atoms. The van der Waals surface area contributed by atoms with Crippen LogP contribution in [0.2, 0.25) is 0 Å². The number of benzene rings is 1. The lowest BCUT2D eigenvalue weighted by Gasteiger charge is -2.21. The van der Waals surface area contributed by atoms with E-state index in [0.717, 1.165) is 30.1 Å². The summed E-state index contributed by atoms with van der Waals surface area (Å²) in [5.74, 6) is 2.36. The van der Waals surface area contributed by atoms with Crippen LogP contribution in [0.15, 0.2) is 18.2 Å². The van der Waals surface area contributed by atoms with Crippen LogP contribution in [0.25, 0.3) is 0 Å². The molecule has 1 aliphatic carbocycles. The molecule has 118 valence electrons. The highest BCUT2D eigenvalue weighted by Crippen LogP contribution is 2.32. The quantitative estimate of drug-likeness (QED) is 0.783. The largest absolute Gasteiger partial charge is 0.493 e. The average Bonchev–Trinajstić information content (AvgIpc) is 2.53. The SMILES string of the molecule is COc1ccc(OC2CCCCCCCCC2)cc1OC. The van der Waals surface area contributed by atoms with Crippen LogP contribution in [0, 0.1) is 0 Å². The summed E-state index contributed by atoms with van der Waals surface area (Å²) in [5.41, 5.74) is 0. The summed E-state index contributed by atoms with van der Waals surface area (Å²) in [4.78, 5) is 0. The molecule has 0 saturated heterocycles. The van der Waals surface area contributed by atoms with E-state index >= 15 is 0 Å². The molecule has 0 N–H and O–H groups in total. The minimum absolute atomic E-state index is 0.334. The smallest absolute Gasteiger partial charge is 0.164 e. The first kappa shape index (κ1) is 16.0. The topological polar surface area (TPSA) is 27.7 Å². The van der Waals surface area contributed by atoms with Gasteiger partial charge in [0.1, 0.15) is 5.75 Å². The standard InChI is InChI=1S/C18H28O3/c1-19-17-13-12-16(14-18(17)20-2)21-15-10-8-6-4-3-5-7-9-11-15/h12-15H,3-11H2,1-2H3. The van der Waals surface area contributed by atoms with Gasteiger partial charge >= 0.3 is 0 Å². The van der Waals surface area contributed by atoms with E-state index < -0.39 is 0 Å². The highest BCUT2D eigenvalue weighted by molar-refractivity contribution is 5.45. The summed E-state index contributed by atoms with van der Waals surface area (Å²) in [7, 11) is 3.31. The van der Waals surface area contributed by atoms with Crippen LogP contribution in [-0.2, 0) is 0 Å². The van der Waals surface area contributed by atoms with Crippen molar-refractivity contribution in [3.8, 4) is 17.2 Å². The van der Waals surface area contributed by atoms with Crippen molar-refractivity contribution in [2.45, 2.75) is 63.9 Å². The van der Waals surface area contributed by atoms with E-state index in [1.54, 1.807) is 14.2 Å². The second-order valence-corrected chi connectivity index (χ2v) is 5.81. The van der Waals surface area contributed by atoms with Gasteiger partial charge in [-0.3, -0.25) is 0 Å². The third-order valence-electron chi connectivity index (χ3n) is 4.21. The van der Waals surface area contributed by atoms with Crippen molar-refractivity contribution < 1.29 is 14.2 Å². The molecule has 0 heterocycles. The maximum atomic E-state index is 6.19. The van der Waals surface area contributed by atoms with Crippen molar-refractivity contribution in [1.82, 2.24) is 0 Å². The fourth-order valence-electron chi connectivity index (χ4n) is 2.97. The first-order chi connectivity index (χ1) is 10.3. The molecule has 0 atom stereocenters. The maximum Gasteiger partial charge on any atom is 0.164 e. The zero-order chi connectivity index (χ0) is 14.9. The predicted molar refractivity (Wildman–Crippen MR) is 85.5 cm³/mol. The van der Waals surface area contributed by atoms with Gasteiger partial charge in [-0.2, -0.15) is 0 Å². The Kier molecular flexibility index (Phi) is 6.71. The number of hydrogen-bond acceptors (Lipinski definition) is 3. The van der Waals surface area contributed by atoms with Gasteiger partial charge in [0.05, 0.1) is 20.3 Å². The molecule has 1 saturated carbocycles. The molecule has 0 bridgehead atoms. The molecule has 0 unspecified atom stereocenters. The summed E-state index contributed by atoms with van der Waals surface area (Å²) >= 11 is 0. The van der Waals surface area contributed by atoms with E-state index in [1.807, 2.05) is 18.2 Å². The summed E-state index contributed by atoms with van der Waals surface area (Å²) in [6, 6.07) is 5.81. The minimum Gasteiger partial charge on any atom is -0.493 e. The van der Waals surface area contributed by atoms with Gasteiger partial charge in [0, 0.05) is 6.07 Å². The van der Waals surface area contributed by atoms with E-state index in [0.29, 0.717) is 6.10 Å². The van der Waals surface area contributed by atoms with Crippen LogP contribution < -0.4 is 14.2 Å². The Morgan fingerprint density at radius 2 is 1.33 bits per heavy atom. The lowest BCUT2D eigenvalue weighted by Crippen LogP contribution is -2.17. The maximum absolute atomic E-state index is 6.19. The minimum atomic E-state index is 0.334. The van der Waals surface area contributed by atoms with Crippen LogP contribution in [0.4, 0.5) is 0 Å². The predicted octanol–water partition coefficient (Wildman–Crippen LogP) is 4.98. The van der Waals surface area contributed by atoms with E-state index in [2.05, 4.69) is 0 Å². The third kappa shape index (κ3) is 5.14. The van der Waals surface area contributed by atoms with Crippen molar-refractivity contribution in [2.24, 2.45) is 0 Å². The van der Waals surface area contributed by atoms with Crippen molar-refractivity contribution in [3.63, 3.8) is 0 Å². The Morgan fingerprint density at radius 1 is 0.762 bits per heavy atom. The van der Waals surface area contributed by atoms with Gasteiger partial charge in [-0.1, -0.05) is 32.1 Å². The molecule has 3 nitrogen and oxygen atoms in total. The molecule has 1 aromatic carbocycles. The van der Waals surface area contributed by atoms with E-state index in [-0.39, 0.29) is 0 Å². The highest BCUT2D eigenvalue weighted by atomic mass is 16.5. The molecule has 1 fully saturated rings. The molecular formula is C18H28O3. The molecule has 21 heavy (non-hydrogen) atoms. The monoisotopic (exact) mass is 292 g/mol. The van der Waals surface area contributed by atoms with Gasteiger partial charge in [-0.25, -0.2) is 0 Å². The van der Waals surface area contributed by atoms with Crippen LogP contribution in [0.1, 0.15) is 57.8 Å². The highest BCUT2D eigenvalue weighted by Gasteiger charge is 2.13. The van der Waals surface area contributed by atoms with Gasteiger partial charge in [0.2, 0.25) is 0 Å². The lowest BCUT2D eigenvalue weighted by molar-refractivity contribution is 0.170. The van der Waals surface area contributed by atoms with Gasteiger partial charge in [-0.15, -0.1) is 0 Å². The summed E-state index contributed by atoms with van der Waals surface area (Å²) < 4.78 is 16.8. The Hall–Kier alpha value is -1.38. The van der Waals surface area contributed by atoms with Crippen molar-refractivity contribution in [3.05, 3.63) is 18.2 Å². The average molecular weight is 292 g/mol. The fraction of sp³-hybridized carbons (Fsp3) is 0.667. The molecule has 3 heteroatoms. The molecule has 1 aromatic rings. The van der Waals surface area contributed by atoms with Crippen LogP contribution in [-0.4, -0.2) is 20.3 Å². The van der Waals surface area contributed by atoms with Crippen LogP contribution in [0.3, 0.4) is 0 Å². The van der Waals surface area contributed by atoms with Gasteiger partial charge in [0.25, 0.3) is 0 Å². The fourth-order valence-corrected chi connectivity index (χ4v) is 2.97. The summed E-state index contributed by atoms with van der Waals surface area (Å²) in [5, 5.41) is 0. The zero-order valence-corrected chi connectivity index (χ0v) is 13.4. The lowest BCUT2D eigenvalue weighted by atomic mass is 9.99. The van der Waals surface area contributed by atoms with Gasteiger partial charge in [-0.05, 0) is 37.8 Å². The van der Waals surface area contributed by atoms with Crippen LogP contribution >= 0.6 is 0 Å². The number of hydrogen-bond donors (Lipinski definition) is 0. The molecule has 1 aliphatic rings. The van der Waals surface area contributed by atoms with Crippen molar-refractivity contribution >= 4 is 0 Å². The third-order valence-corrected chi connectivity index (χ3v) is 4.21. The summed E-state index contributed by atoms with van der Waals surface area (Å²) in [6.07, 6.45) is 12.0. The zero-order valence-electron chi connectivity index (χ0n) is 13.4. The van der Waals surface area contributed by atoms with E-state index in [4.69, 9.17) is 14.2 Å². The van der Waals surface area contributed by atoms with E-state index in [1.165, 1.54) is 44.9 Å². The number of ether oxygens (including phenoxy) is 3. The Morgan fingerprint density at radius 3 is 1.90 bits per heavy atom. The van der Waals surface area contributed by atoms with Gasteiger partial charge < -0.3 is 14.2 Å². The Bertz CT molecular complexity index is 407. The molecule has 0 aromatic heterocycles. The van der Waals surface area contributed by atoms with Crippen molar-refractivity contribution in [1.29, 1.82) is 0 Å².